The van der Waals surface area contributed by atoms with Crippen LogP contribution in [0.1, 0.15) is 40.4 Å². The van der Waals surface area contributed by atoms with E-state index in [-0.39, 0.29) is 18.3 Å². The number of aromatic nitrogens is 2. The molecule has 4 nitrogen and oxygen atoms in total. The highest BCUT2D eigenvalue weighted by Gasteiger charge is 2.51. The maximum absolute atomic E-state index is 6.34. The first-order chi connectivity index (χ1) is 16.3. The predicted octanol–water partition coefficient (Wildman–Crippen LogP) is 6.19. The summed E-state index contributed by atoms with van der Waals surface area (Å²) in [7, 11) is -0.378. The van der Waals surface area contributed by atoms with Gasteiger partial charge in [0.15, 0.2) is 0 Å². The van der Waals surface area contributed by atoms with Gasteiger partial charge in [-0.25, -0.2) is 4.98 Å². The molecule has 5 aromatic rings. The molecule has 4 aromatic carbocycles. The zero-order valence-electron chi connectivity index (χ0n) is 20.4. The van der Waals surface area contributed by atoms with Gasteiger partial charge in [0.05, 0.1) is 27.9 Å². The van der Waals surface area contributed by atoms with Crippen LogP contribution in [0.4, 0.5) is 0 Å². The first-order valence-electron chi connectivity index (χ1n) is 12.1. The van der Waals surface area contributed by atoms with Crippen molar-refractivity contribution in [3.63, 3.8) is 0 Å². The molecule has 0 radical (unpaired) electrons. The molecule has 0 N–H and O–H groups in total. The zero-order chi connectivity index (χ0) is 23.7. The fourth-order valence-corrected chi connectivity index (χ4v) is 4.99. The highest BCUT2D eigenvalue weighted by atomic mass is 16.7. The monoisotopic (exact) mass is 448 g/mol. The maximum atomic E-state index is 6.34. The van der Waals surface area contributed by atoms with Crippen LogP contribution in [-0.4, -0.2) is 27.9 Å². The van der Waals surface area contributed by atoms with Crippen LogP contribution < -0.4 is 5.46 Å². The van der Waals surface area contributed by atoms with Crippen LogP contribution in [0.15, 0.2) is 72.8 Å². The lowest BCUT2D eigenvalue weighted by Crippen LogP contribution is -2.41. The van der Waals surface area contributed by atoms with E-state index < -0.39 is 0 Å². The first-order valence-corrected chi connectivity index (χ1v) is 12.1. The van der Waals surface area contributed by atoms with E-state index in [1.807, 2.05) is 6.07 Å². The molecule has 1 fully saturated rings. The summed E-state index contributed by atoms with van der Waals surface area (Å²) in [6.07, 6.45) is 0.866. The quantitative estimate of drug-likeness (QED) is 0.244. The van der Waals surface area contributed by atoms with Crippen LogP contribution in [0, 0.1) is 0 Å². The Labute approximate surface area is 200 Å². The van der Waals surface area contributed by atoms with E-state index in [1.54, 1.807) is 0 Å². The van der Waals surface area contributed by atoms with Crippen molar-refractivity contribution >= 4 is 45.2 Å². The van der Waals surface area contributed by atoms with Gasteiger partial charge in [0.25, 0.3) is 0 Å². The molecule has 0 amide bonds. The summed E-state index contributed by atoms with van der Waals surface area (Å²) in [5.41, 5.74) is 3.64. The van der Waals surface area contributed by atoms with E-state index in [9.17, 15) is 0 Å². The number of aryl methyl sites for hydroxylation is 1. The number of para-hydroxylation sites is 2. The topological polar surface area (TPSA) is 36.3 Å². The van der Waals surface area contributed by atoms with E-state index in [1.165, 1.54) is 21.5 Å². The van der Waals surface area contributed by atoms with Crippen molar-refractivity contribution in [1.82, 2.24) is 9.55 Å². The van der Waals surface area contributed by atoms with Crippen molar-refractivity contribution in [2.45, 2.75) is 52.2 Å². The van der Waals surface area contributed by atoms with Crippen LogP contribution in [0.3, 0.4) is 0 Å². The Morgan fingerprint density at radius 3 is 2.29 bits per heavy atom. The smallest absolute Gasteiger partial charge is 0.399 e. The molecule has 1 aliphatic rings. The van der Waals surface area contributed by atoms with Crippen LogP contribution in [0.5, 0.6) is 0 Å². The molecule has 170 valence electrons. The lowest BCUT2D eigenvalue weighted by molar-refractivity contribution is 0.00578. The van der Waals surface area contributed by atoms with Gasteiger partial charge < -0.3 is 9.31 Å². The van der Waals surface area contributed by atoms with Gasteiger partial charge >= 0.3 is 7.12 Å². The summed E-state index contributed by atoms with van der Waals surface area (Å²) in [5.74, 6) is 1.07. The number of rotatable bonds is 3. The number of imidazole rings is 1. The van der Waals surface area contributed by atoms with Gasteiger partial charge in [-0.15, -0.1) is 0 Å². The Balaban J connectivity index is 1.56. The molecule has 1 aliphatic heterocycles. The van der Waals surface area contributed by atoms with Crippen LogP contribution in [0.25, 0.3) is 38.3 Å². The van der Waals surface area contributed by atoms with Crippen LogP contribution in [0.2, 0.25) is 0 Å². The molecule has 1 aromatic heterocycles. The molecule has 0 unspecified atom stereocenters. The highest BCUT2D eigenvalue weighted by molar-refractivity contribution is 6.62. The number of fused-ring (bicyclic) bond motifs is 4. The summed E-state index contributed by atoms with van der Waals surface area (Å²) in [6, 6.07) is 25.9. The van der Waals surface area contributed by atoms with Crippen molar-refractivity contribution in [3.05, 3.63) is 78.6 Å². The minimum Gasteiger partial charge on any atom is -0.399 e. The molecule has 34 heavy (non-hydrogen) atoms. The normalized spacial score (nSPS) is 17.3. The minimum atomic E-state index is -0.378. The number of benzene rings is 4. The third-order valence-electron chi connectivity index (χ3n) is 7.59. The Morgan fingerprint density at radius 1 is 0.794 bits per heavy atom. The molecule has 1 saturated heterocycles. The summed E-state index contributed by atoms with van der Waals surface area (Å²) < 4.78 is 15.0. The molecule has 0 bridgehead atoms. The number of nitrogens with zero attached hydrogens (tertiary/aromatic N) is 2. The fourth-order valence-electron chi connectivity index (χ4n) is 4.99. The second kappa shape index (κ2) is 7.43. The average Bonchev–Trinajstić information content (AvgIpc) is 3.31. The third kappa shape index (κ3) is 3.11. The second-order valence-corrected chi connectivity index (χ2v) is 10.2. The largest absolute Gasteiger partial charge is 0.494 e. The van der Waals surface area contributed by atoms with E-state index in [0.717, 1.165) is 34.4 Å². The molecule has 0 atom stereocenters. The van der Waals surface area contributed by atoms with Crippen molar-refractivity contribution in [2.75, 3.05) is 0 Å². The SMILES string of the molecule is CCc1nc2ccccc2n1-c1cccc2c1ccc1ccc(B3OC(C)(C)C(C)(C)O3)cc12. The summed E-state index contributed by atoms with van der Waals surface area (Å²) >= 11 is 0. The minimum absolute atomic E-state index is 0.364. The van der Waals surface area contributed by atoms with Gasteiger partial charge in [0.1, 0.15) is 5.82 Å². The molecule has 2 heterocycles. The van der Waals surface area contributed by atoms with Gasteiger partial charge in [-0.2, -0.15) is 0 Å². The van der Waals surface area contributed by atoms with Gasteiger partial charge in [-0.1, -0.05) is 61.5 Å². The van der Waals surface area contributed by atoms with Crippen LogP contribution in [-0.2, 0) is 15.7 Å². The molecule has 0 spiro atoms. The standard InChI is InChI=1S/C29H29BN2O2/c1-6-27-31-24-11-7-8-12-26(24)32(27)25-13-9-10-21-22(25)17-15-19-14-16-20(18-23(19)21)30-33-28(2,3)29(4,5)34-30/h7-18H,6H2,1-5H3. The molecule has 0 saturated carbocycles. The third-order valence-corrected chi connectivity index (χ3v) is 7.59. The Bertz CT molecular complexity index is 1550. The number of hydrogen-bond acceptors (Lipinski definition) is 3. The van der Waals surface area contributed by atoms with E-state index in [2.05, 4.69) is 106 Å². The molecular weight excluding hydrogens is 419 g/mol. The van der Waals surface area contributed by atoms with Crippen molar-refractivity contribution in [2.24, 2.45) is 0 Å². The lowest BCUT2D eigenvalue weighted by Gasteiger charge is -2.32. The second-order valence-electron chi connectivity index (χ2n) is 10.2. The average molecular weight is 448 g/mol. The molecular formula is C29H29BN2O2. The fraction of sp³-hybridized carbons (Fsp3) is 0.276. The molecule has 5 heteroatoms. The molecule has 0 aliphatic carbocycles. The van der Waals surface area contributed by atoms with Crippen LogP contribution >= 0.6 is 0 Å². The van der Waals surface area contributed by atoms with Crippen molar-refractivity contribution < 1.29 is 9.31 Å². The Kier molecular flexibility index (Phi) is 4.67. The summed E-state index contributed by atoms with van der Waals surface area (Å²) in [4.78, 5) is 4.90. The zero-order valence-corrected chi connectivity index (χ0v) is 20.4. The molecule has 6 rings (SSSR count). The van der Waals surface area contributed by atoms with E-state index >= 15 is 0 Å². The van der Waals surface area contributed by atoms with Gasteiger partial charge in [0.2, 0.25) is 0 Å². The van der Waals surface area contributed by atoms with Crippen molar-refractivity contribution in [3.8, 4) is 5.69 Å². The summed E-state index contributed by atoms with van der Waals surface area (Å²) in [5, 5.41) is 4.83. The maximum Gasteiger partial charge on any atom is 0.494 e. The number of hydrogen-bond donors (Lipinski definition) is 0. The predicted molar refractivity (Wildman–Crippen MR) is 141 cm³/mol. The first kappa shape index (κ1) is 21.4. The summed E-state index contributed by atoms with van der Waals surface area (Å²) in [6.45, 7) is 10.5. The van der Waals surface area contributed by atoms with E-state index in [4.69, 9.17) is 14.3 Å². The lowest BCUT2D eigenvalue weighted by atomic mass is 9.78. The Hall–Kier alpha value is -3.15. The van der Waals surface area contributed by atoms with Gasteiger partial charge in [0, 0.05) is 11.8 Å². The van der Waals surface area contributed by atoms with E-state index in [0.29, 0.717) is 0 Å². The van der Waals surface area contributed by atoms with Crippen molar-refractivity contribution in [1.29, 1.82) is 0 Å². The van der Waals surface area contributed by atoms with Gasteiger partial charge in [-0.3, -0.25) is 4.57 Å². The Morgan fingerprint density at radius 2 is 1.53 bits per heavy atom. The van der Waals surface area contributed by atoms with Gasteiger partial charge in [-0.05, 0) is 67.5 Å². The highest BCUT2D eigenvalue weighted by Crippen LogP contribution is 2.37.